The summed E-state index contributed by atoms with van der Waals surface area (Å²) in [5.74, 6) is -0.755. The maximum atomic E-state index is 11.5. The molecule has 2 rings (SSSR count). The zero-order chi connectivity index (χ0) is 16.2. The molecule has 120 valence electrons. The highest BCUT2D eigenvalue weighted by Gasteiger charge is 2.23. The number of hydrogen-bond donors (Lipinski definition) is 2. The Hall–Kier alpha value is -1.93. The second-order valence-electron chi connectivity index (χ2n) is 5.19. The molecule has 7 nitrogen and oxygen atoms in total. The van der Waals surface area contributed by atoms with Gasteiger partial charge in [0, 0.05) is 12.5 Å². The molecular weight excluding hydrogens is 308 g/mol. The molecule has 1 aliphatic rings. The van der Waals surface area contributed by atoms with Crippen LogP contribution in [0.2, 0.25) is 0 Å². The Balaban J connectivity index is 1.72. The van der Waals surface area contributed by atoms with Gasteiger partial charge in [-0.3, -0.25) is 9.59 Å². The number of sulfonamides is 1. The van der Waals surface area contributed by atoms with E-state index in [0.717, 1.165) is 18.4 Å². The van der Waals surface area contributed by atoms with Gasteiger partial charge in [0.25, 0.3) is 5.91 Å². The molecule has 1 aliphatic carbocycles. The van der Waals surface area contributed by atoms with Crippen molar-refractivity contribution in [3.05, 3.63) is 29.8 Å². The predicted octanol–water partition coefficient (Wildman–Crippen LogP) is 0.0884. The van der Waals surface area contributed by atoms with E-state index >= 15 is 0 Å². The van der Waals surface area contributed by atoms with Crippen molar-refractivity contribution in [3.63, 3.8) is 0 Å². The number of carbonyl (C=O) groups is 2. The second-order valence-corrected chi connectivity index (χ2v) is 6.75. The van der Waals surface area contributed by atoms with Crippen LogP contribution in [0.5, 0.6) is 0 Å². The largest absolute Gasteiger partial charge is 0.456 e. The molecule has 1 aromatic rings. The molecule has 1 amide bonds. The van der Waals surface area contributed by atoms with Crippen LogP contribution in [-0.4, -0.2) is 32.9 Å². The van der Waals surface area contributed by atoms with Crippen LogP contribution in [0.4, 0.5) is 0 Å². The number of nitrogens with two attached hydrogens (primary N) is 1. The lowest BCUT2D eigenvalue weighted by Gasteiger charge is -2.06. The van der Waals surface area contributed by atoms with Gasteiger partial charge in [0.1, 0.15) is 0 Å². The van der Waals surface area contributed by atoms with E-state index in [1.54, 1.807) is 12.1 Å². The van der Waals surface area contributed by atoms with Gasteiger partial charge in [0.2, 0.25) is 10.0 Å². The molecule has 0 unspecified atom stereocenters. The van der Waals surface area contributed by atoms with Crippen LogP contribution in [-0.2, 0) is 30.8 Å². The number of hydrogen-bond acceptors (Lipinski definition) is 5. The van der Waals surface area contributed by atoms with Gasteiger partial charge in [0.15, 0.2) is 6.61 Å². The maximum Gasteiger partial charge on any atom is 0.306 e. The fourth-order valence-corrected chi connectivity index (χ4v) is 2.32. The number of aryl methyl sites for hydroxylation is 1. The summed E-state index contributed by atoms with van der Waals surface area (Å²) in [6.07, 6.45) is 2.47. The first-order valence-corrected chi connectivity index (χ1v) is 8.46. The summed E-state index contributed by atoms with van der Waals surface area (Å²) in [6.45, 7) is -0.264. The molecule has 1 aromatic carbocycles. The van der Waals surface area contributed by atoms with E-state index in [1.807, 2.05) is 0 Å². The molecule has 0 saturated heterocycles. The van der Waals surface area contributed by atoms with Crippen molar-refractivity contribution in [2.75, 3.05) is 6.61 Å². The van der Waals surface area contributed by atoms with Crippen molar-refractivity contribution in [2.45, 2.75) is 36.6 Å². The number of nitrogens with one attached hydrogen (secondary N) is 1. The number of esters is 1. The summed E-state index contributed by atoms with van der Waals surface area (Å²) < 4.78 is 27.1. The van der Waals surface area contributed by atoms with E-state index in [0.29, 0.717) is 6.42 Å². The second kappa shape index (κ2) is 6.89. The van der Waals surface area contributed by atoms with Gasteiger partial charge in [0.05, 0.1) is 4.90 Å². The Morgan fingerprint density at radius 2 is 1.86 bits per heavy atom. The molecule has 0 aromatic heterocycles. The number of carbonyl (C=O) groups excluding carboxylic acids is 2. The van der Waals surface area contributed by atoms with Gasteiger partial charge < -0.3 is 10.1 Å². The normalized spacial score (nSPS) is 14.4. The first-order valence-electron chi connectivity index (χ1n) is 6.91. The quantitative estimate of drug-likeness (QED) is 0.689. The highest BCUT2D eigenvalue weighted by atomic mass is 32.2. The monoisotopic (exact) mass is 326 g/mol. The maximum absolute atomic E-state index is 11.5. The molecule has 0 aliphatic heterocycles. The van der Waals surface area contributed by atoms with E-state index in [9.17, 15) is 18.0 Å². The van der Waals surface area contributed by atoms with Gasteiger partial charge in [-0.25, -0.2) is 13.6 Å². The van der Waals surface area contributed by atoms with Crippen LogP contribution in [0, 0.1) is 0 Å². The van der Waals surface area contributed by atoms with Crippen LogP contribution in [0.25, 0.3) is 0 Å². The highest BCUT2D eigenvalue weighted by Crippen LogP contribution is 2.18. The van der Waals surface area contributed by atoms with E-state index in [4.69, 9.17) is 9.88 Å². The number of ether oxygens (including phenoxy) is 1. The summed E-state index contributed by atoms with van der Waals surface area (Å²) in [5, 5.41) is 7.71. The molecule has 1 saturated carbocycles. The first kappa shape index (κ1) is 16.4. The van der Waals surface area contributed by atoms with Gasteiger partial charge in [-0.1, -0.05) is 12.1 Å². The predicted molar refractivity (Wildman–Crippen MR) is 78.3 cm³/mol. The van der Waals surface area contributed by atoms with Gasteiger partial charge in [-0.2, -0.15) is 0 Å². The van der Waals surface area contributed by atoms with Crippen molar-refractivity contribution in [1.82, 2.24) is 5.32 Å². The van der Waals surface area contributed by atoms with Gasteiger partial charge in [-0.15, -0.1) is 0 Å². The van der Waals surface area contributed by atoms with E-state index in [2.05, 4.69) is 5.32 Å². The number of rotatable bonds is 7. The summed E-state index contributed by atoms with van der Waals surface area (Å²) in [5.41, 5.74) is 0.784. The summed E-state index contributed by atoms with van der Waals surface area (Å²) in [6, 6.07) is 6.20. The van der Waals surface area contributed by atoms with Crippen LogP contribution in [0.3, 0.4) is 0 Å². The number of benzene rings is 1. The zero-order valence-electron chi connectivity index (χ0n) is 11.9. The molecule has 0 atom stereocenters. The molecular formula is C14H18N2O5S. The highest BCUT2D eigenvalue weighted by molar-refractivity contribution is 7.89. The first-order chi connectivity index (χ1) is 10.3. The van der Waals surface area contributed by atoms with E-state index < -0.39 is 16.0 Å². The van der Waals surface area contributed by atoms with Crippen molar-refractivity contribution < 1.29 is 22.7 Å². The summed E-state index contributed by atoms with van der Waals surface area (Å²) in [7, 11) is -3.71. The third-order valence-corrected chi connectivity index (χ3v) is 4.11. The Morgan fingerprint density at radius 1 is 1.23 bits per heavy atom. The van der Waals surface area contributed by atoms with E-state index in [-0.39, 0.29) is 29.9 Å². The third-order valence-electron chi connectivity index (χ3n) is 3.18. The Bertz CT molecular complexity index is 650. The minimum atomic E-state index is -3.71. The molecule has 8 heteroatoms. The smallest absolute Gasteiger partial charge is 0.306 e. The fourth-order valence-electron chi connectivity index (χ4n) is 1.81. The van der Waals surface area contributed by atoms with Crippen molar-refractivity contribution in [2.24, 2.45) is 5.14 Å². The third kappa shape index (κ3) is 5.45. The topological polar surface area (TPSA) is 116 Å². The molecule has 0 radical (unpaired) electrons. The van der Waals surface area contributed by atoms with Crippen LogP contribution in [0.15, 0.2) is 29.2 Å². The molecule has 22 heavy (non-hydrogen) atoms. The van der Waals surface area contributed by atoms with Gasteiger partial charge in [-0.05, 0) is 37.0 Å². The summed E-state index contributed by atoms with van der Waals surface area (Å²) in [4.78, 5) is 22.9. The van der Waals surface area contributed by atoms with Crippen LogP contribution >= 0.6 is 0 Å². The molecule has 0 bridgehead atoms. The zero-order valence-corrected chi connectivity index (χ0v) is 12.8. The summed E-state index contributed by atoms with van der Waals surface area (Å²) >= 11 is 0. The van der Waals surface area contributed by atoms with Crippen molar-refractivity contribution in [1.29, 1.82) is 0 Å². The average Bonchev–Trinajstić information content (AvgIpc) is 3.26. The Kier molecular flexibility index (Phi) is 5.15. The molecule has 1 fully saturated rings. The number of primary sulfonamides is 1. The lowest BCUT2D eigenvalue weighted by atomic mass is 10.1. The van der Waals surface area contributed by atoms with E-state index in [1.165, 1.54) is 12.1 Å². The molecule has 0 spiro atoms. The average molecular weight is 326 g/mol. The van der Waals surface area contributed by atoms with Gasteiger partial charge >= 0.3 is 5.97 Å². The number of amides is 1. The SMILES string of the molecule is NS(=O)(=O)c1ccc(CCC(=O)OCC(=O)NC2CC2)cc1. The fraction of sp³-hybridized carbons (Fsp3) is 0.429. The van der Waals surface area contributed by atoms with Crippen molar-refractivity contribution in [3.8, 4) is 0 Å². The van der Waals surface area contributed by atoms with Crippen molar-refractivity contribution >= 4 is 21.9 Å². The lowest BCUT2D eigenvalue weighted by molar-refractivity contribution is -0.148. The van der Waals surface area contributed by atoms with Crippen LogP contribution < -0.4 is 10.5 Å². The van der Waals surface area contributed by atoms with Crippen LogP contribution in [0.1, 0.15) is 24.8 Å². The standard InChI is InChI=1S/C14H18N2O5S/c15-22(19,20)12-6-1-10(2-7-12)3-8-14(18)21-9-13(17)16-11-4-5-11/h1-2,6-7,11H,3-5,8-9H2,(H,16,17)(H2,15,19,20). The Labute approximate surface area is 128 Å². The minimum absolute atomic E-state index is 0.0237. The minimum Gasteiger partial charge on any atom is -0.456 e. The lowest BCUT2D eigenvalue weighted by Crippen LogP contribution is -2.30. The molecule has 0 heterocycles. The molecule has 3 N–H and O–H groups in total. The Morgan fingerprint density at radius 3 is 2.41 bits per heavy atom.